The molecule has 1 N–H and O–H groups in total. The lowest BCUT2D eigenvalue weighted by Crippen LogP contribution is -2.39. The van der Waals surface area contributed by atoms with Crippen molar-refractivity contribution in [1.29, 1.82) is 5.26 Å². The Labute approximate surface area is 171 Å². The molecule has 0 saturated carbocycles. The number of hydrogen-bond donors (Lipinski definition) is 1. The first-order valence-corrected chi connectivity index (χ1v) is 10.9. The maximum Gasteiger partial charge on any atom is 0.244 e. The number of ether oxygens (including phenoxy) is 1. The Morgan fingerprint density at radius 1 is 1.21 bits per heavy atom. The molecular weight excluding hydrogens is 390 g/mol. The number of nitriles is 1. The first-order chi connectivity index (χ1) is 13.9. The Bertz CT molecular complexity index is 1020. The molecule has 0 aliphatic carbocycles. The van der Waals surface area contributed by atoms with E-state index in [2.05, 4.69) is 20.8 Å². The summed E-state index contributed by atoms with van der Waals surface area (Å²) in [5.41, 5.74) is 2.19. The third-order valence-electron chi connectivity index (χ3n) is 5.33. The molecule has 0 bridgehead atoms. The van der Waals surface area contributed by atoms with Gasteiger partial charge in [-0.25, -0.2) is 23.1 Å². The van der Waals surface area contributed by atoms with Gasteiger partial charge in [-0.1, -0.05) is 0 Å². The molecule has 0 unspecified atom stereocenters. The topological polar surface area (TPSA) is 108 Å². The molecule has 0 spiro atoms. The summed E-state index contributed by atoms with van der Waals surface area (Å²) in [7, 11) is -2.20. The van der Waals surface area contributed by atoms with Gasteiger partial charge in [0.2, 0.25) is 10.0 Å². The van der Waals surface area contributed by atoms with Gasteiger partial charge in [-0.05, 0) is 55.9 Å². The summed E-state index contributed by atoms with van der Waals surface area (Å²) in [6, 6.07) is 5.46. The number of piperidine rings is 1. The van der Waals surface area contributed by atoms with Crippen LogP contribution in [0.15, 0.2) is 29.4 Å². The van der Waals surface area contributed by atoms with Crippen LogP contribution in [0.2, 0.25) is 0 Å². The van der Waals surface area contributed by atoms with Crippen molar-refractivity contribution in [3.05, 3.63) is 41.3 Å². The van der Waals surface area contributed by atoms with E-state index in [1.807, 2.05) is 18.7 Å². The second-order valence-electron chi connectivity index (χ2n) is 7.21. The highest BCUT2D eigenvalue weighted by Crippen LogP contribution is 2.28. The summed E-state index contributed by atoms with van der Waals surface area (Å²) in [6.07, 6.45) is 4.68. The van der Waals surface area contributed by atoms with Crippen LogP contribution in [0.5, 0.6) is 5.75 Å². The number of hydrogen-bond acceptors (Lipinski definition) is 7. The molecular formula is C20H25N5O3S. The van der Waals surface area contributed by atoms with Gasteiger partial charge in [0.1, 0.15) is 16.7 Å². The van der Waals surface area contributed by atoms with E-state index >= 15 is 0 Å². The van der Waals surface area contributed by atoms with Crippen LogP contribution in [0, 0.1) is 31.1 Å². The fraction of sp³-hybridized carbons (Fsp3) is 0.450. The maximum absolute atomic E-state index is 12.8. The molecule has 0 amide bonds. The third-order valence-corrected chi connectivity index (χ3v) is 6.78. The van der Waals surface area contributed by atoms with Crippen molar-refractivity contribution in [3.63, 3.8) is 0 Å². The quantitative estimate of drug-likeness (QED) is 0.770. The molecule has 29 heavy (non-hydrogen) atoms. The Morgan fingerprint density at radius 2 is 1.86 bits per heavy atom. The van der Waals surface area contributed by atoms with Crippen LogP contribution in [0.25, 0.3) is 0 Å². The first kappa shape index (κ1) is 21.0. The second kappa shape index (κ2) is 8.76. The molecule has 1 aromatic carbocycles. The Hall–Kier alpha value is -2.70. The van der Waals surface area contributed by atoms with Crippen molar-refractivity contribution in [1.82, 2.24) is 14.7 Å². The van der Waals surface area contributed by atoms with E-state index in [4.69, 9.17) is 4.74 Å². The summed E-state index contributed by atoms with van der Waals surface area (Å²) < 4.78 is 33.7. The largest absolute Gasteiger partial charge is 0.495 e. The Morgan fingerprint density at radius 3 is 2.52 bits per heavy atom. The highest BCUT2D eigenvalue weighted by molar-refractivity contribution is 7.89. The molecule has 8 nitrogen and oxygen atoms in total. The van der Waals surface area contributed by atoms with Gasteiger partial charge in [-0.2, -0.15) is 5.26 Å². The van der Waals surface area contributed by atoms with Gasteiger partial charge >= 0.3 is 0 Å². The predicted octanol–water partition coefficient (Wildman–Crippen LogP) is 2.17. The van der Waals surface area contributed by atoms with Crippen molar-refractivity contribution >= 4 is 15.8 Å². The monoisotopic (exact) mass is 415 g/mol. The Balaban J connectivity index is 1.63. The number of methoxy groups -OCH3 is 1. The van der Waals surface area contributed by atoms with Gasteiger partial charge in [0.25, 0.3) is 0 Å². The summed E-state index contributed by atoms with van der Waals surface area (Å²) in [6.45, 7) is 5.56. The number of nitrogens with one attached hydrogen (secondary N) is 1. The molecule has 1 aliphatic rings. The first-order valence-electron chi connectivity index (χ1n) is 9.46. The third kappa shape index (κ3) is 4.66. The number of nitrogens with zero attached hydrogens (tertiary/aromatic N) is 4. The smallest absolute Gasteiger partial charge is 0.244 e. The van der Waals surface area contributed by atoms with Crippen LogP contribution < -0.4 is 14.4 Å². The minimum Gasteiger partial charge on any atom is -0.495 e. The average molecular weight is 416 g/mol. The molecule has 1 fully saturated rings. The van der Waals surface area contributed by atoms with E-state index < -0.39 is 10.0 Å². The van der Waals surface area contributed by atoms with E-state index in [9.17, 15) is 13.7 Å². The zero-order valence-corrected chi connectivity index (χ0v) is 17.7. The number of aromatic nitrogens is 2. The van der Waals surface area contributed by atoms with E-state index in [1.165, 1.54) is 13.3 Å². The van der Waals surface area contributed by atoms with Crippen molar-refractivity contribution in [2.45, 2.75) is 31.6 Å². The number of rotatable bonds is 6. The predicted molar refractivity (Wildman–Crippen MR) is 109 cm³/mol. The number of anilines is 1. The molecule has 3 rings (SSSR count). The minimum absolute atomic E-state index is 0.166. The van der Waals surface area contributed by atoms with Gasteiger partial charge < -0.3 is 9.64 Å². The fourth-order valence-corrected chi connectivity index (χ4v) is 4.78. The van der Waals surface area contributed by atoms with Gasteiger partial charge in [0, 0.05) is 32.0 Å². The van der Waals surface area contributed by atoms with Gasteiger partial charge in [-0.3, -0.25) is 0 Å². The number of sulfonamides is 1. The Kier molecular flexibility index (Phi) is 6.35. The van der Waals surface area contributed by atoms with Gasteiger partial charge in [-0.15, -0.1) is 0 Å². The standard InChI is InChI=1S/C20H25N5O3S/c1-14-10-18(28-3)19(11-15(14)2)29(26,27)24-13-16-4-8-25(9-5-16)20-17(12-21)22-6-7-23-20/h6-7,10-11,16,24H,4-5,8-9,13H2,1-3H3. The van der Waals surface area contributed by atoms with Gasteiger partial charge in [0.15, 0.2) is 11.5 Å². The lowest BCUT2D eigenvalue weighted by atomic mass is 9.97. The van der Waals surface area contributed by atoms with Crippen molar-refractivity contribution in [2.24, 2.45) is 5.92 Å². The molecule has 154 valence electrons. The summed E-state index contributed by atoms with van der Waals surface area (Å²) in [5.74, 6) is 1.15. The minimum atomic E-state index is -3.67. The van der Waals surface area contributed by atoms with Crippen LogP contribution in [-0.4, -0.2) is 45.1 Å². The summed E-state index contributed by atoms with van der Waals surface area (Å²) >= 11 is 0. The van der Waals surface area contributed by atoms with Crippen LogP contribution in [0.3, 0.4) is 0 Å². The molecule has 9 heteroatoms. The lowest BCUT2D eigenvalue weighted by Gasteiger charge is -2.32. The molecule has 1 aliphatic heterocycles. The molecule has 1 saturated heterocycles. The zero-order chi connectivity index (χ0) is 21.0. The lowest BCUT2D eigenvalue weighted by molar-refractivity contribution is 0.394. The van der Waals surface area contributed by atoms with Crippen molar-refractivity contribution in [2.75, 3.05) is 31.6 Å². The normalized spacial score (nSPS) is 15.2. The van der Waals surface area contributed by atoms with E-state index in [1.54, 1.807) is 18.3 Å². The summed E-state index contributed by atoms with van der Waals surface area (Å²) in [5, 5.41) is 9.20. The van der Waals surface area contributed by atoms with E-state index in [0.717, 1.165) is 24.0 Å². The molecule has 1 aromatic heterocycles. The highest BCUT2D eigenvalue weighted by Gasteiger charge is 2.26. The van der Waals surface area contributed by atoms with Crippen LogP contribution in [0.4, 0.5) is 5.82 Å². The maximum atomic E-state index is 12.8. The summed E-state index contributed by atoms with van der Waals surface area (Å²) in [4.78, 5) is 10.5. The average Bonchev–Trinajstić information content (AvgIpc) is 2.74. The zero-order valence-electron chi connectivity index (χ0n) is 16.8. The highest BCUT2D eigenvalue weighted by atomic mass is 32.2. The molecule has 2 heterocycles. The fourth-order valence-electron chi connectivity index (χ4n) is 3.43. The number of benzene rings is 1. The molecule has 2 aromatic rings. The van der Waals surface area contributed by atoms with Crippen LogP contribution >= 0.6 is 0 Å². The molecule has 0 radical (unpaired) electrons. The van der Waals surface area contributed by atoms with E-state index in [0.29, 0.717) is 36.9 Å². The van der Waals surface area contributed by atoms with E-state index in [-0.39, 0.29) is 10.8 Å². The van der Waals surface area contributed by atoms with Crippen LogP contribution in [0.1, 0.15) is 29.7 Å². The molecule has 0 atom stereocenters. The SMILES string of the molecule is COc1cc(C)c(C)cc1S(=O)(=O)NCC1CCN(c2nccnc2C#N)CC1. The van der Waals surface area contributed by atoms with Crippen molar-refractivity contribution in [3.8, 4) is 11.8 Å². The second-order valence-corrected chi connectivity index (χ2v) is 8.95. The number of aryl methyl sites for hydroxylation is 2. The van der Waals surface area contributed by atoms with Gasteiger partial charge in [0.05, 0.1) is 7.11 Å². The van der Waals surface area contributed by atoms with Crippen LogP contribution in [-0.2, 0) is 10.0 Å². The van der Waals surface area contributed by atoms with Crippen molar-refractivity contribution < 1.29 is 13.2 Å².